The molecule has 0 aromatic carbocycles. The van der Waals surface area contributed by atoms with E-state index in [1.165, 1.54) is 6.92 Å². The molecule has 0 radical (unpaired) electrons. The summed E-state index contributed by atoms with van der Waals surface area (Å²) in [6.07, 6.45) is -2.09. The van der Waals surface area contributed by atoms with E-state index < -0.39 is 23.9 Å². The van der Waals surface area contributed by atoms with E-state index in [1.807, 2.05) is 0 Å². The van der Waals surface area contributed by atoms with Crippen LogP contribution in [0.3, 0.4) is 0 Å². The minimum absolute atomic E-state index is 0.262. The van der Waals surface area contributed by atoms with E-state index in [9.17, 15) is 10.2 Å². The van der Waals surface area contributed by atoms with Crippen LogP contribution in [0.2, 0.25) is 0 Å². The third-order valence-corrected chi connectivity index (χ3v) is 2.33. The van der Waals surface area contributed by atoms with Crippen molar-refractivity contribution in [2.75, 3.05) is 6.61 Å². The molecule has 1 unspecified atom stereocenters. The molecule has 1 fully saturated rings. The van der Waals surface area contributed by atoms with E-state index in [4.69, 9.17) is 9.84 Å². The van der Waals surface area contributed by atoms with Crippen molar-refractivity contribution in [2.24, 2.45) is 0 Å². The van der Waals surface area contributed by atoms with Crippen LogP contribution < -0.4 is 0 Å². The number of hydrogen-bond donors (Lipinski definition) is 3. The maximum Gasteiger partial charge on any atom is 0.116 e. The van der Waals surface area contributed by atoms with Crippen molar-refractivity contribution in [3.05, 3.63) is 0 Å². The lowest BCUT2D eigenvalue weighted by molar-refractivity contribution is -0.0572. The number of aliphatic hydroxyl groups excluding tert-OH is 2. The molecule has 0 aliphatic carbocycles. The first-order valence-corrected chi connectivity index (χ1v) is 3.67. The molecule has 1 saturated heterocycles. The summed E-state index contributed by atoms with van der Waals surface area (Å²) in [5.74, 6) is 0. The summed E-state index contributed by atoms with van der Waals surface area (Å²) in [6.45, 7) is 2.90. The summed E-state index contributed by atoms with van der Waals surface area (Å²) in [5, 5.41) is 27.6. The Labute approximate surface area is 65.4 Å². The van der Waals surface area contributed by atoms with Crippen molar-refractivity contribution in [1.29, 1.82) is 0 Å². The standard InChI is InChI=1S/C7H14O4/c1-4-7(2,10)6(9)5(3-8)11-4/h4-6,8-10H,3H2,1-2H3/t4-,5+,6-,7?/m0/s1. The Morgan fingerprint density at radius 2 is 2.09 bits per heavy atom. The first kappa shape index (κ1) is 8.93. The third kappa shape index (κ3) is 1.27. The third-order valence-electron chi connectivity index (χ3n) is 2.33. The van der Waals surface area contributed by atoms with Crippen LogP contribution in [0.1, 0.15) is 13.8 Å². The van der Waals surface area contributed by atoms with E-state index in [1.54, 1.807) is 6.92 Å². The van der Waals surface area contributed by atoms with E-state index in [0.717, 1.165) is 0 Å². The van der Waals surface area contributed by atoms with Crippen LogP contribution in [0.5, 0.6) is 0 Å². The molecule has 66 valence electrons. The highest BCUT2D eigenvalue weighted by atomic mass is 16.6. The smallest absolute Gasteiger partial charge is 0.116 e. The second-order valence-electron chi connectivity index (χ2n) is 3.17. The lowest BCUT2D eigenvalue weighted by Gasteiger charge is -2.23. The number of ether oxygens (including phenoxy) is 1. The Bertz CT molecular complexity index is 145. The van der Waals surface area contributed by atoms with E-state index in [0.29, 0.717) is 0 Å². The Morgan fingerprint density at radius 1 is 1.55 bits per heavy atom. The fourth-order valence-electron chi connectivity index (χ4n) is 1.23. The molecule has 0 aromatic rings. The van der Waals surface area contributed by atoms with Crippen LogP contribution in [0.25, 0.3) is 0 Å². The fourth-order valence-corrected chi connectivity index (χ4v) is 1.23. The highest BCUT2D eigenvalue weighted by molar-refractivity contribution is 4.98. The Hall–Kier alpha value is -0.160. The summed E-state index contributed by atoms with van der Waals surface area (Å²) in [4.78, 5) is 0. The molecule has 1 aliphatic heterocycles. The topological polar surface area (TPSA) is 69.9 Å². The van der Waals surface area contributed by atoms with Gasteiger partial charge in [-0.3, -0.25) is 0 Å². The van der Waals surface area contributed by atoms with Gasteiger partial charge in [0.2, 0.25) is 0 Å². The molecular formula is C7H14O4. The fraction of sp³-hybridized carbons (Fsp3) is 1.00. The van der Waals surface area contributed by atoms with Crippen molar-refractivity contribution in [3.63, 3.8) is 0 Å². The zero-order valence-electron chi connectivity index (χ0n) is 6.69. The van der Waals surface area contributed by atoms with Gasteiger partial charge in [-0.15, -0.1) is 0 Å². The zero-order chi connectivity index (χ0) is 8.65. The molecule has 0 amide bonds. The van der Waals surface area contributed by atoms with Gasteiger partial charge in [-0.2, -0.15) is 0 Å². The van der Waals surface area contributed by atoms with Gasteiger partial charge < -0.3 is 20.1 Å². The molecular weight excluding hydrogens is 148 g/mol. The molecule has 4 atom stereocenters. The van der Waals surface area contributed by atoms with Gasteiger partial charge in [0.25, 0.3) is 0 Å². The first-order valence-electron chi connectivity index (χ1n) is 3.67. The summed E-state index contributed by atoms with van der Waals surface area (Å²) < 4.78 is 5.09. The average Bonchev–Trinajstić information content (AvgIpc) is 2.14. The molecule has 11 heavy (non-hydrogen) atoms. The second kappa shape index (κ2) is 2.71. The quantitative estimate of drug-likeness (QED) is 0.456. The van der Waals surface area contributed by atoms with Crippen LogP contribution in [-0.4, -0.2) is 45.8 Å². The largest absolute Gasteiger partial charge is 0.394 e. The van der Waals surface area contributed by atoms with Crippen molar-refractivity contribution in [1.82, 2.24) is 0 Å². The molecule has 3 N–H and O–H groups in total. The number of aliphatic hydroxyl groups is 3. The molecule has 0 saturated carbocycles. The highest BCUT2D eigenvalue weighted by Gasteiger charge is 2.49. The van der Waals surface area contributed by atoms with Crippen LogP contribution in [-0.2, 0) is 4.74 Å². The van der Waals surface area contributed by atoms with Gasteiger partial charge in [-0.05, 0) is 13.8 Å². The first-order chi connectivity index (χ1) is 5.00. The van der Waals surface area contributed by atoms with E-state index in [2.05, 4.69) is 0 Å². The van der Waals surface area contributed by atoms with Crippen molar-refractivity contribution < 1.29 is 20.1 Å². The molecule has 0 bridgehead atoms. The Kier molecular flexibility index (Phi) is 2.20. The SMILES string of the molecule is C[C@@H]1O[C@H](CO)[C@H](O)C1(C)O. The zero-order valence-corrected chi connectivity index (χ0v) is 6.69. The maximum atomic E-state index is 9.55. The molecule has 4 heteroatoms. The summed E-state index contributed by atoms with van der Waals surface area (Å²) in [6, 6.07) is 0. The van der Waals surface area contributed by atoms with Crippen LogP contribution in [0.4, 0.5) is 0 Å². The van der Waals surface area contributed by atoms with E-state index in [-0.39, 0.29) is 6.61 Å². The molecule has 1 aliphatic rings. The monoisotopic (exact) mass is 162 g/mol. The predicted molar refractivity (Wildman–Crippen MR) is 38.1 cm³/mol. The minimum Gasteiger partial charge on any atom is -0.394 e. The van der Waals surface area contributed by atoms with E-state index >= 15 is 0 Å². The van der Waals surface area contributed by atoms with Crippen LogP contribution in [0.15, 0.2) is 0 Å². The summed E-state index contributed by atoms with van der Waals surface area (Å²) >= 11 is 0. The minimum atomic E-state index is -1.24. The average molecular weight is 162 g/mol. The summed E-state index contributed by atoms with van der Waals surface area (Å²) in [5.41, 5.74) is -1.24. The predicted octanol–water partition coefficient (Wildman–Crippen LogP) is -1.12. The lowest BCUT2D eigenvalue weighted by atomic mass is 9.94. The Balaban J connectivity index is 2.71. The van der Waals surface area contributed by atoms with Crippen molar-refractivity contribution in [2.45, 2.75) is 37.8 Å². The molecule has 0 aromatic heterocycles. The van der Waals surface area contributed by atoms with Gasteiger partial charge in [0.05, 0.1) is 12.7 Å². The lowest BCUT2D eigenvalue weighted by Crippen LogP contribution is -2.44. The molecule has 4 nitrogen and oxygen atoms in total. The second-order valence-corrected chi connectivity index (χ2v) is 3.17. The number of hydrogen-bond acceptors (Lipinski definition) is 4. The van der Waals surface area contributed by atoms with Crippen LogP contribution >= 0.6 is 0 Å². The molecule has 1 rings (SSSR count). The highest BCUT2D eigenvalue weighted by Crippen LogP contribution is 2.29. The van der Waals surface area contributed by atoms with Gasteiger partial charge in [0.15, 0.2) is 0 Å². The van der Waals surface area contributed by atoms with Crippen molar-refractivity contribution in [3.8, 4) is 0 Å². The normalized spacial score (nSPS) is 51.5. The van der Waals surface area contributed by atoms with Crippen molar-refractivity contribution >= 4 is 0 Å². The van der Waals surface area contributed by atoms with Gasteiger partial charge >= 0.3 is 0 Å². The van der Waals surface area contributed by atoms with Gasteiger partial charge in [-0.1, -0.05) is 0 Å². The van der Waals surface area contributed by atoms with Gasteiger partial charge in [0.1, 0.15) is 17.8 Å². The van der Waals surface area contributed by atoms with Gasteiger partial charge in [-0.25, -0.2) is 0 Å². The maximum absolute atomic E-state index is 9.55. The Morgan fingerprint density at radius 3 is 2.27 bits per heavy atom. The molecule has 1 heterocycles. The summed E-state index contributed by atoms with van der Waals surface area (Å²) in [7, 11) is 0. The van der Waals surface area contributed by atoms with Gasteiger partial charge in [0, 0.05) is 0 Å². The molecule has 0 spiro atoms. The van der Waals surface area contributed by atoms with Crippen LogP contribution in [0, 0.1) is 0 Å². The number of rotatable bonds is 1.